The summed E-state index contributed by atoms with van der Waals surface area (Å²) in [5, 5.41) is 0. The Kier molecular flexibility index (Phi) is 4.80. The molecule has 0 saturated carbocycles. The van der Waals surface area contributed by atoms with Crippen molar-refractivity contribution < 1.29 is 9.59 Å². The summed E-state index contributed by atoms with van der Waals surface area (Å²) >= 11 is 0. The molecule has 3 heterocycles. The number of amides is 2. The first-order chi connectivity index (χ1) is 11.5. The molecule has 2 aliphatic heterocycles. The molecule has 1 atom stereocenters. The van der Waals surface area contributed by atoms with Crippen LogP contribution in [0, 0.1) is 5.41 Å². The monoisotopic (exact) mass is 331 g/mol. The van der Waals surface area contributed by atoms with E-state index in [9.17, 15) is 9.59 Å². The van der Waals surface area contributed by atoms with Crippen molar-refractivity contribution in [3.8, 4) is 0 Å². The molecule has 0 radical (unpaired) electrons. The molecule has 1 spiro atoms. The third-order valence-corrected chi connectivity index (χ3v) is 5.06. The molecule has 7 heteroatoms. The topological polar surface area (TPSA) is 69.6 Å². The minimum Gasteiger partial charge on any atom is -0.341 e. The number of nitrogens with zero attached hydrogens (tertiary/aromatic N) is 5. The van der Waals surface area contributed by atoms with Crippen molar-refractivity contribution in [2.75, 3.05) is 46.8 Å². The molecule has 24 heavy (non-hydrogen) atoms. The molecule has 1 aromatic rings. The van der Waals surface area contributed by atoms with Crippen LogP contribution in [0.25, 0.3) is 0 Å². The molecule has 2 amide bonds. The number of likely N-dealkylation sites (N-methyl/N-ethyl adjacent to an activating group) is 1. The number of piperidine rings is 1. The van der Waals surface area contributed by atoms with Crippen molar-refractivity contribution in [1.82, 2.24) is 24.7 Å². The highest BCUT2D eigenvalue weighted by atomic mass is 16.2. The number of hydrogen-bond acceptors (Lipinski definition) is 5. The number of carbonyl (C=O) groups is 2. The zero-order valence-electron chi connectivity index (χ0n) is 14.4. The van der Waals surface area contributed by atoms with Crippen LogP contribution in [-0.4, -0.2) is 83.3 Å². The highest BCUT2D eigenvalue weighted by Gasteiger charge is 2.49. The van der Waals surface area contributed by atoms with Crippen molar-refractivity contribution in [3.05, 3.63) is 24.3 Å². The molecular formula is C17H25N5O2. The van der Waals surface area contributed by atoms with Crippen LogP contribution in [0.4, 0.5) is 0 Å². The average Bonchev–Trinajstić information content (AvgIpc) is 2.89. The highest BCUT2D eigenvalue weighted by molar-refractivity contribution is 5.93. The molecule has 2 aliphatic rings. The standard InChI is InChI=1S/C17H25N5O2/c1-20(2)10-11-21-9-5-17(16(21)24)4-3-8-22(13-17)15(23)14-12-18-6-7-19-14/h6-7,12H,3-5,8-11,13H2,1-2H3/t17-/m0/s1. The lowest BCUT2D eigenvalue weighted by Gasteiger charge is -2.38. The van der Waals surface area contributed by atoms with Gasteiger partial charge >= 0.3 is 0 Å². The van der Waals surface area contributed by atoms with Gasteiger partial charge in [-0.15, -0.1) is 0 Å². The smallest absolute Gasteiger partial charge is 0.274 e. The fourth-order valence-electron chi connectivity index (χ4n) is 3.68. The van der Waals surface area contributed by atoms with Gasteiger partial charge in [0.05, 0.1) is 11.6 Å². The minimum absolute atomic E-state index is 0.123. The molecule has 0 N–H and O–H groups in total. The van der Waals surface area contributed by atoms with Gasteiger partial charge in [0, 0.05) is 45.1 Å². The van der Waals surface area contributed by atoms with E-state index in [-0.39, 0.29) is 11.8 Å². The number of hydrogen-bond donors (Lipinski definition) is 0. The predicted molar refractivity (Wildman–Crippen MR) is 89.4 cm³/mol. The van der Waals surface area contributed by atoms with Crippen LogP contribution in [0.5, 0.6) is 0 Å². The van der Waals surface area contributed by atoms with Gasteiger partial charge in [-0.1, -0.05) is 0 Å². The molecule has 2 saturated heterocycles. The number of likely N-dealkylation sites (tertiary alicyclic amines) is 2. The molecule has 7 nitrogen and oxygen atoms in total. The van der Waals surface area contributed by atoms with Crippen LogP contribution < -0.4 is 0 Å². The first-order valence-electron chi connectivity index (χ1n) is 8.51. The Hall–Kier alpha value is -2.02. The molecule has 2 fully saturated rings. The summed E-state index contributed by atoms with van der Waals surface area (Å²) in [4.78, 5) is 39.5. The second kappa shape index (κ2) is 6.84. The van der Waals surface area contributed by atoms with Crippen molar-refractivity contribution in [2.24, 2.45) is 5.41 Å². The third kappa shape index (κ3) is 3.26. The summed E-state index contributed by atoms with van der Waals surface area (Å²) in [6.45, 7) is 3.59. The summed E-state index contributed by atoms with van der Waals surface area (Å²) in [7, 11) is 4.02. The van der Waals surface area contributed by atoms with Crippen molar-refractivity contribution in [3.63, 3.8) is 0 Å². The summed E-state index contributed by atoms with van der Waals surface area (Å²) in [6.07, 6.45) is 7.13. The Bertz CT molecular complexity index is 606. The van der Waals surface area contributed by atoms with E-state index in [1.165, 1.54) is 12.4 Å². The minimum atomic E-state index is -0.400. The lowest BCUT2D eigenvalue weighted by atomic mass is 9.78. The third-order valence-electron chi connectivity index (χ3n) is 5.06. The van der Waals surface area contributed by atoms with Crippen LogP contribution in [0.3, 0.4) is 0 Å². The van der Waals surface area contributed by atoms with Gasteiger partial charge in [0.25, 0.3) is 5.91 Å². The zero-order valence-corrected chi connectivity index (χ0v) is 14.4. The fourth-order valence-corrected chi connectivity index (χ4v) is 3.68. The van der Waals surface area contributed by atoms with E-state index in [1.54, 1.807) is 11.1 Å². The predicted octanol–water partition coefficient (Wildman–Crippen LogP) is 0.493. The maximum absolute atomic E-state index is 12.9. The van der Waals surface area contributed by atoms with Gasteiger partial charge in [0.1, 0.15) is 5.69 Å². The largest absolute Gasteiger partial charge is 0.341 e. The second-order valence-electron chi connectivity index (χ2n) is 7.05. The first kappa shape index (κ1) is 16.8. The SMILES string of the molecule is CN(C)CCN1CC[C@]2(CCCN(C(=O)c3cnccn3)C2)C1=O. The van der Waals surface area contributed by atoms with Crippen molar-refractivity contribution in [2.45, 2.75) is 19.3 Å². The first-order valence-corrected chi connectivity index (χ1v) is 8.51. The maximum Gasteiger partial charge on any atom is 0.274 e. The Morgan fingerprint density at radius 3 is 2.83 bits per heavy atom. The Morgan fingerprint density at radius 1 is 1.29 bits per heavy atom. The summed E-state index contributed by atoms with van der Waals surface area (Å²) in [5.74, 6) is 0.0858. The number of aromatic nitrogens is 2. The van der Waals surface area contributed by atoms with Crippen LogP contribution >= 0.6 is 0 Å². The summed E-state index contributed by atoms with van der Waals surface area (Å²) in [6, 6.07) is 0. The lowest BCUT2D eigenvalue weighted by Crippen LogP contribution is -2.50. The van der Waals surface area contributed by atoms with Gasteiger partial charge in [-0.3, -0.25) is 14.6 Å². The summed E-state index contributed by atoms with van der Waals surface area (Å²) in [5.41, 5.74) is -0.0490. The van der Waals surface area contributed by atoms with Crippen LogP contribution in [0.15, 0.2) is 18.6 Å². The molecule has 1 aromatic heterocycles. The van der Waals surface area contributed by atoms with Crippen molar-refractivity contribution >= 4 is 11.8 Å². The van der Waals surface area contributed by atoms with Gasteiger partial charge in [0.15, 0.2) is 0 Å². The van der Waals surface area contributed by atoms with Crippen LogP contribution in [0.1, 0.15) is 29.8 Å². The Labute approximate surface area is 142 Å². The molecule has 0 bridgehead atoms. The van der Waals surface area contributed by atoms with Crippen LogP contribution in [-0.2, 0) is 4.79 Å². The van der Waals surface area contributed by atoms with Crippen LogP contribution in [0.2, 0.25) is 0 Å². The highest BCUT2D eigenvalue weighted by Crippen LogP contribution is 2.40. The van der Waals surface area contributed by atoms with E-state index in [2.05, 4.69) is 14.9 Å². The van der Waals surface area contributed by atoms with Gasteiger partial charge < -0.3 is 14.7 Å². The second-order valence-corrected chi connectivity index (χ2v) is 7.05. The molecular weight excluding hydrogens is 306 g/mol. The van der Waals surface area contributed by atoms with E-state index in [4.69, 9.17) is 0 Å². The van der Waals surface area contributed by atoms with E-state index >= 15 is 0 Å². The van der Waals surface area contributed by atoms with Crippen molar-refractivity contribution in [1.29, 1.82) is 0 Å². The molecule has 0 aliphatic carbocycles. The van der Waals surface area contributed by atoms with Gasteiger partial charge in [-0.2, -0.15) is 0 Å². The number of carbonyl (C=O) groups excluding carboxylic acids is 2. The van der Waals surface area contributed by atoms with E-state index in [0.29, 0.717) is 18.8 Å². The number of rotatable bonds is 4. The lowest BCUT2D eigenvalue weighted by molar-refractivity contribution is -0.138. The van der Waals surface area contributed by atoms with E-state index in [1.807, 2.05) is 19.0 Å². The van der Waals surface area contributed by atoms with Gasteiger partial charge in [-0.25, -0.2) is 4.98 Å². The quantitative estimate of drug-likeness (QED) is 0.803. The van der Waals surface area contributed by atoms with E-state index < -0.39 is 5.41 Å². The maximum atomic E-state index is 12.9. The Morgan fingerprint density at radius 2 is 2.12 bits per heavy atom. The summed E-state index contributed by atoms with van der Waals surface area (Å²) < 4.78 is 0. The molecule has 0 aromatic carbocycles. The molecule has 3 rings (SSSR count). The van der Waals surface area contributed by atoms with E-state index in [0.717, 1.165) is 38.9 Å². The fraction of sp³-hybridized carbons (Fsp3) is 0.647. The van der Waals surface area contributed by atoms with Gasteiger partial charge in [-0.05, 0) is 33.4 Å². The van der Waals surface area contributed by atoms with Gasteiger partial charge in [0.2, 0.25) is 5.91 Å². The molecule has 130 valence electrons. The normalized spacial score (nSPS) is 24.2. The Balaban J connectivity index is 1.69. The zero-order chi connectivity index (χ0) is 17.2. The average molecular weight is 331 g/mol. The molecule has 0 unspecified atom stereocenters.